The molecule has 1 aliphatic heterocycles. The summed E-state index contributed by atoms with van der Waals surface area (Å²) in [5.74, 6) is 0. The van der Waals surface area contributed by atoms with Crippen LogP contribution < -0.4 is 0 Å². The highest BCUT2D eigenvalue weighted by atomic mass is 15.3. The van der Waals surface area contributed by atoms with Crippen molar-refractivity contribution in [2.45, 2.75) is 112 Å². The van der Waals surface area contributed by atoms with E-state index in [2.05, 4.69) is 183 Å². The van der Waals surface area contributed by atoms with Crippen molar-refractivity contribution in [2.75, 3.05) is 13.1 Å². The van der Waals surface area contributed by atoms with Gasteiger partial charge in [-0.05, 0) is 131 Å². The van der Waals surface area contributed by atoms with Gasteiger partial charge in [0.1, 0.15) is 0 Å². The molecular weight excluding hydrogens is 639 g/mol. The second kappa shape index (κ2) is 19.8. The van der Waals surface area contributed by atoms with Crippen LogP contribution in [0, 0.1) is 0 Å². The SMILES string of the molecule is CC(C)N1CCCC1.CC(C)n1c2ccccc2c2ccccc21.CC(C)n1ccc2ccccc21.CC(C)n1cccn1.CC(C)n1ccnc1. The number of imidazole rings is 1. The first-order chi connectivity index (χ1) is 25.0. The Balaban J connectivity index is 0.000000151. The Morgan fingerprint density at radius 2 is 1.08 bits per heavy atom. The van der Waals surface area contributed by atoms with Gasteiger partial charge < -0.3 is 18.6 Å². The molecule has 1 fully saturated rings. The average molecular weight is 702 g/mol. The van der Waals surface area contributed by atoms with Gasteiger partial charge in [-0.25, -0.2) is 4.98 Å². The minimum Gasteiger partial charge on any atom is -0.345 e. The van der Waals surface area contributed by atoms with Crippen LogP contribution in [0.2, 0.25) is 0 Å². The molecule has 4 aromatic heterocycles. The maximum Gasteiger partial charge on any atom is 0.0948 e. The fourth-order valence-corrected chi connectivity index (χ4v) is 6.48. The third-order valence-electron chi connectivity index (χ3n) is 9.37. The van der Waals surface area contributed by atoms with Crippen molar-refractivity contribution in [2.24, 2.45) is 0 Å². The quantitative estimate of drug-likeness (QED) is 0.179. The normalized spacial score (nSPS) is 12.9. The molecule has 0 atom stereocenters. The maximum atomic E-state index is 4.03. The van der Waals surface area contributed by atoms with Gasteiger partial charge in [0.2, 0.25) is 0 Å². The largest absolute Gasteiger partial charge is 0.345 e. The monoisotopic (exact) mass is 702 g/mol. The lowest BCUT2D eigenvalue weighted by Crippen LogP contribution is -2.26. The number of aromatic nitrogens is 6. The van der Waals surface area contributed by atoms with E-state index in [1.54, 1.807) is 12.4 Å². The third kappa shape index (κ3) is 10.9. The maximum absolute atomic E-state index is 4.03. The summed E-state index contributed by atoms with van der Waals surface area (Å²) in [6, 6.07) is 32.7. The number of para-hydroxylation sites is 3. The number of likely N-dealkylation sites (tertiary alicyclic amines) is 1. The molecule has 3 aromatic carbocycles. The Morgan fingerprint density at radius 3 is 1.48 bits per heavy atom. The summed E-state index contributed by atoms with van der Waals surface area (Å²) in [5.41, 5.74) is 3.99. The molecule has 0 radical (unpaired) electrons. The van der Waals surface area contributed by atoms with Crippen LogP contribution in [-0.4, -0.2) is 52.5 Å². The highest BCUT2D eigenvalue weighted by molar-refractivity contribution is 6.08. The zero-order valence-electron chi connectivity index (χ0n) is 33.4. The van der Waals surface area contributed by atoms with E-state index in [0.717, 1.165) is 6.04 Å². The molecule has 0 saturated carbocycles. The highest BCUT2D eigenvalue weighted by Gasteiger charge is 2.13. The molecule has 7 nitrogen and oxygen atoms in total. The van der Waals surface area contributed by atoms with Gasteiger partial charge in [-0.1, -0.05) is 54.6 Å². The molecule has 7 heteroatoms. The number of rotatable bonds is 5. The van der Waals surface area contributed by atoms with Gasteiger partial charge in [-0.3, -0.25) is 4.68 Å². The van der Waals surface area contributed by atoms with Gasteiger partial charge in [0.25, 0.3) is 0 Å². The first kappa shape index (κ1) is 40.2. The molecule has 52 heavy (non-hydrogen) atoms. The number of benzene rings is 3. The van der Waals surface area contributed by atoms with E-state index in [1.165, 1.54) is 58.6 Å². The van der Waals surface area contributed by atoms with E-state index in [0.29, 0.717) is 24.2 Å². The predicted octanol–water partition coefficient (Wildman–Crippen LogP) is 12.0. The summed E-state index contributed by atoms with van der Waals surface area (Å²) in [5, 5.41) is 8.06. The Labute approximate surface area is 312 Å². The van der Waals surface area contributed by atoms with Crippen molar-refractivity contribution in [1.29, 1.82) is 0 Å². The number of hydrogen-bond donors (Lipinski definition) is 0. The smallest absolute Gasteiger partial charge is 0.0948 e. The van der Waals surface area contributed by atoms with E-state index in [1.807, 2.05) is 29.5 Å². The van der Waals surface area contributed by atoms with Crippen molar-refractivity contribution in [1.82, 2.24) is 33.4 Å². The van der Waals surface area contributed by atoms with Crippen molar-refractivity contribution in [3.63, 3.8) is 0 Å². The summed E-state index contributed by atoms with van der Waals surface area (Å²) in [6.07, 6.45) is 14.3. The number of nitrogens with zero attached hydrogens (tertiary/aromatic N) is 7. The lowest BCUT2D eigenvalue weighted by Gasteiger charge is -2.18. The van der Waals surface area contributed by atoms with Crippen LogP contribution in [0.15, 0.2) is 122 Å². The standard InChI is InChI=1S/C15H15N.C11H13N.C7H15N.2C6H10N2/c1-11(2)16-14-9-5-3-7-12(14)13-8-4-6-10-15(13)16;1-9(2)12-8-7-10-5-3-4-6-11(10)12;1-7(2)8-5-3-4-6-8;1-6(2)8-4-3-7-5-8;1-6(2)8-5-3-4-7-8/h3-11H,1-2H3;3-9H,1-2H3;7H,3-6H2,1-2H3;2*3-6H,1-2H3. The highest BCUT2D eigenvalue weighted by Crippen LogP contribution is 2.31. The van der Waals surface area contributed by atoms with Gasteiger partial charge in [-0.2, -0.15) is 5.10 Å². The van der Waals surface area contributed by atoms with E-state index in [-0.39, 0.29) is 0 Å². The molecule has 7 aromatic rings. The summed E-state index contributed by atoms with van der Waals surface area (Å²) in [4.78, 5) is 6.43. The second-order valence-corrected chi connectivity index (χ2v) is 14.9. The second-order valence-electron chi connectivity index (χ2n) is 14.9. The van der Waals surface area contributed by atoms with Gasteiger partial charge >= 0.3 is 0 Å². The Hall–Kier alpha value is -4.62. The Kier molecular flexibility index (Phi) is 15.3. The van der Waals surface area contributed by atoms with Gasteiger partial charge in [-0.15, -0.1) is 0 Å². The third-order valence-corrected chi connectivity index (χ3v) is 9.37. The fourth-order valence-electron chi connectivity index (χ4n) is 6.48. The molecule has 1 aliphatic rings. The molecule has 278 valence electrons. The van der Waals surface area contributed by atoms with Gasteiger partial charge in [0.05, 0.1) is 6.33 Å². The first-order valence-corrected chi connectivity index (χ1v) is 19.2. The van der Waals surface area contributed by atoms with Crippen molar-refractivity contribution < 1.29 is 0 Å². The molecule has 0 aliphatic carbocycles. The molecular formula is C45H63N7. The van der Waals surface area contributed by atoms with E-state index < -0.39 is 0 Å². The van der Waals surface area contributed by atoms with Crippen molar-refractivity contribution in [3.8, 4) is 0 Å². The number of hydrogen-bond acceptors (Lipinski definition) is 3. The van der Waals surface area contributed by atoms with Crippen LogP contribution in [0.3, 0.4) is 0 Å². The Morgan fingerprint density at radius 1 is 0.500 bits per heavy atom. The summed E-state index contributed by atoms with van der Waals surface area (Å²) in [6.45, 7) is 24.5. The lowest BCUT2D eigenvalue weighted by molar-refractivity contribution is 0.276. The minimum atomic E-state index is 0.491. The average Bonchev–Trinajstić information content (AvgIpc) is 3.98. The van der Waals surface area contributed by atoms with Gasteiger partial charge in [0, 0.05) is 88.5 Å². The molecule has 1 saturated heterocycles. The molecule has 0 amide bonds. The zero-order valence-corrected chi connectivity index (χ0v) is 33.4. The summed E-state index contributed by atoms with van der Waals surface area (Å²) < 4.78 is 8.67. The van der Waals surface area contributed by atoms with Crippen LogP contribution >= 0.6 is 0 Å². The molecule has 0 bridgehead atoms. The van der Waals surface area contributed by atoms with Crippen LogP contribution in [0.1, 0.15) is 106 Å². The zero-order chi connectivity index (χ0) is 37.6. The minimum absolute atomic E-state index is 0.491. The van der Waals surface area contributed by atoms with Crippen LogP contribution in [0.4, 0.5) is 0 Å². The Bertz CT molecular complexity index is 1890. The van der Waals surface area contributed by atoms with Crippen LogP contribution in [0.25, 0.3) is 32.7 Å². The van der Waals surface area contributed by atoms with E-state index >= 15 is 0 Å². The molecule has 8 rings (SSSR count). The van der Waals surface area contributed by atoms with Crippen molar-refractivity contribution in [3.05, 3.63) is 122 Å². The lowest BCUT2D eigenvalue weighted by atomic mass is 10.2. The summed E-state index contributed by atoms with van der Waals surface area (Å²) in [7, 11) is 0. The van der Waals surface area contributed by atoms with Crippen LogP contribution in [0.5, 0.6) is 0 Å². The van der Waals surface area contributed by atoms with Crippen LogP contribution in [-0.2, 0) is 0 Å². The first-order valence-electron chi connectivity index (χ1n) is 19.2. The van der Waals surface area contributed by atoms with Gasteiger partial charge in [0.15, 0.2) is 0 Å². The molecule has 0 unspecified atom stereocenters. The van der Waals surface area contributed by atoms with Crippen molar-refractivity contribution >= 4 is 32.7 Å². The van der Waals surface area contributed by atoms with E-state index in [9.17, 15) is 0 Å². The molecule has 0 N–H and O–H groups in total. The molecule has 5 heterocycles. The predicted molar refractivity (Wildman–Crippen MR) is 223 cm³/mol. The topological polar surface area (TPSA) is 48.7 Å². The number of fused-ring (bicyclic) bond motifs is 4. The molecule has 0 spiro atoms. The fraction of sp³-hybridized carbons (Fsp3) is 0.422. The van der Waals surface area contributed by atoms with E-state index in [4.69, 9.17) is 0 Å². The summed E-state index contributed by atoms with van der Waals surface area (Å²) >= 11 is 0.